The smallest absolute Gasteiger partial charge is 0.0268 e. The fourth-order valence-electron chi connectivity index (χ4n) is 2.19. The molecule has 1 aliphatic rings. The SMILES string of the molecule is CC(N)c1ccccc1C1CN(C)C1. The van der Waals surface area contributed by atoms with E-state index in [1.165, 1.54) is 24.2 Å². The van der Waals surface area contributed by atoms with Gasteiger partial charge in [-0.05, 0) is 25.1 Å². The molecule has 0 aromatic heterocycles. The lowest BCUT2D eigenvalue weighted by Gasteiger charge is -2.38. The van der Waals surface area contributed by atoms with Crippen molar-refractivity contribution in [2.24, 2.45) is 5.73 Å². The Hall–Kier alpha value is -0.860. The maximum Gasteiger partial charge on any atom is 0.0268 e. The van der Waals surface area contributed by atoms with Crippen LogP contribution >= 0.6 is 0 Å². The molecule has 1 aromatic rings. The third-order valence-corrected chi connectivity index (χ3v) is 2.99. The molecule has 1 saturated heterocycles. The Morgan fingerprint density at radius 3 is 2.57 bits per heavy atom. The van der Waals surface area contributed by atoms with Crippen LogP contribution in [0.3, 0.4) is 0 Å². The minimum absolute atomic E-state index is 0.150. The monoisotopic (exact) mass is 190 g/mol. The molecule has 0 spiro atoms. The molecular formula is C12H18N2. The van der Waals surface area contributed by atoms with E-state index in [2.05, 4.69) is 43.1 Å². The molecule has 0 saturated carbocycles. The topological polar surface area (TPSA) is 29.3 Å². The maximum absolute atomic E-state index is 5.95. The van der Waals surface area contributed by atoms with E-state index in [9.17, 15) is 0 Å². The van der Waals surface area contributed by atoms with E-state index in [0.29, 0.717) is 5.92 Å². The van der Waals surface area contributed by atoms with Gasteiger partial charge in [-0.2, -0.15) is 0 Å². The van der Waals surface area contributed by atoms with Gasteiger partial charge < -0.3 is 10.6 Å². The Morgan fingerprint density at radius 2 is 2.00 bits per heavy atom. The van der Waals surface area contributed by atoms with Crippen LogP contribution < -0.4 is 5.73 Å². The van der Waals surface area contributed by atoms with Crippen LogP contribution in [0.25, 0.3) is 0 Å². The number of likely N-dealkylation sites (tertiary alicyclic amines) is 1. The van der Waals surface area contributed by atoms with Crippen LogP contribution in [0.4, 0.5) is 0 Å². The molecule has 0 aliphatic carbocycles. The lowest BCUT2D eigenvalue weighted by Crippen LogP contribution is -2.42. The molecule has 1 aliphatic heterocycles. The Balaban J connectivity index is 2.24. The molecule has 14 heavy (non-hydrogen) atoms. The highest BCUT2D eigenvalue weighted by Crippen LogP contribution is 2.30. The summed E-state index contributed by atoms with van der Waals surface area (Å²) in [6.45, 7) is 4.40. The highest BCUT2D eigenvalue weighted by atomic mass is 15.2. The van der Waals surface area contributed by atoms with E-state index < -0.39 is 0 Å². The molecule has 76 valence electrons. The third kappa shape index (κ3) is 1.68. The zero-order valence-electron chi connectivity index (χ0n) is 8.90. The van der Waals surface area contributed by atoms with Gasteiger partial charge in [-0.25, -0.2) is 0 Å². The normalized spacial score (nSPS) is 20.5. The predicted octanol–water partition coefficient (Wildman–Crippen LogP) is 1.74. The lowest BCUT2D eigenvalue weighted by atomic mass is 9.86. The molecule has 1 atom stereocenters. The van der Waals surface area contributed by atoms with E-state index in [4.69, 9.17) is 5.73 Å². The van der Waals surface area contributed by atoms with Crippen LogP contribution in [0.1, 0.15) is 30.0 Å². The second kappa shape index (κ2) is 3.71. The van der Waals surface area contributed by atoms with Crippen LogP contribution in [0.5, 0.6) is 0 Å². The minimum Gasteiger partial charge on any atom is -0.324 e. The van der Waals surface area contributed by atoms with E-state index in [-0.39, 0.29) is 6.04 Å². The van der Waals surface area contributed by atoms with Crippen LogP contribution in [0, 0.1) is 0 Å². The predicted molar refractivity (Wildman–Crippen MR) is 59.3 cm³/mol. The van der Waals surface area contributed by atoms with Crippen molar-refractivity contribution >= 4 is 0 Å². The molecule has 2 heteroatoms. The second-order valence-corrected chi connectivity index (χ2v) is 4.34. The first kappa shape index (κ1) is 9.69. The number of hydrogen-bond acceptors (Lipinski definition) is 2. The highest BCUT2D eigenvalue weighted by Gasteiger charge is 2.26. The number of rotatable bonds is 2. The maximum atomic E-state index is 5.95. The summed E-state index contributed by atoms with van der Waals surface area (Å²) in [5.41, 5.74) is 8.71. The molecule has 2 N–H and O–H groups in total. The fourth-order valence-corrected chi connectivity index (χ4v) is 2.19. The molecule has 2 rings (SSSR count). The Kier molecular flexibility index (Phi) is 2.57. The summed E-state index contributed by atoms with van der Waals surface area (Å²) in [5, 5.41) is 0. The summed E-state index contributed by atoms with van der Waals surface area (Å²) in [5.74, 6) is 0.696. The Labute approximate surface area is 85.7 Å². The molecule has 1 unspecified atom stereocenters. The van der Waals surface area contributed by atoms with Gasteiger partial charge in [0.2, 0.25) is 0 Å². The average molecular weight is 190 g/mol. The standard InChI is InChI=1S/C12H18N2/c1-9(13)11-5-3-4-6-12(11)10-7-14(2)8-10/h3-6,9-10H,7-8,13H2,1-2H3. The van der Waals surface area contributed by atoms with Crippen molar-refractivity contribution < 1.29 is 0 Å². The van der Waals surface area contributed by atoms with Crippen molar-refractivity contribution in [3.63, 3.8) is 0 Å². The Morgan fingerprint density at radius 1 is 1.36 bits per heavy atom. The van der Waals surface area contributed by atoms with E-state index in [0.717, 1.165) is 0 Å². The molecule has 1 aromatic carbocycles. The summed E-state index contributed by atoms with van der Waals surface area (Å²) < 4.78 is 0. The summed E-state index contributed by atoms with van der Waals surface area (Å²) in [7, 11) is 2.16. The van der Waals surface area contributed by atoms with E-state index in [1.54, 1.807) is 0 Å². The minimum atomic E-state index is 0.150. The van der Waals surface area contributed by atoms with Crippen LogP contribution in [-0.2, 0) is 0 Å². The average Bonchev–Trinajstić information content (AvgIpc) is 2.13. The summed E-state index contributed by atoms with van der Waals surface area (Å²) in [4.78, 5) is 2.34. The first-order valence-electron chi connectivity index (χ1n) is 5.21. The largest absolute Gasteiger partial charge is 0.324 e. The van der Waals surface area contributed by atoms with Gasteiger partial charge in [0, 0.05) is 25.0 Å². The molecule has 0 radical (unpaired) electrons. The zero-order valence-corrected chi connectivity index (χ0v) is 8.90. The molecule has 1 fully saturated rings. The number of hydrogen-bond donors (Lipinski definition) is 1. The first-order valence-corrected chi connectivity index (χ1v) is 5.21. The number of likely N-dealkylation sites (N-methyl/N-ethyl adjacent to an activating group) is 1. The summed E-state index contributed by atoms with van der Waals surface area (Å²) in [6.07, 6.45) is 0. The quantitative estimate of drug-likeness (QED) is 0.769. The number of benzene rings is 1. The van der Waals surface area contributed by atoms with Crippen LogP contribution in [0.2, 0.25) is 0 Å². The van der Waals surface area contributed by atoms with Crippen LogP contribution in [0.15, 0.2) is 24.3 Å². The van der Waals surface area contributed by atoms with Gasteiger partial charge in [0.1, 0.15) is 0 Å². The van der Waals surface area contributed by atoms with Crippen molar-refractivity contribution in [2.75, 3.05) is 20.1 Å². The number of nitrogens with two attached hydrogens (primary N) is 1. The fraction of sp³-hybridized carbons (Fsp3) is 0.500. The van der Waals surface area contributed by atoms with Crippen molar-refractivity contribution in [3.8, 4) is 0 Å². The van der Waals surface area contributed by atoms with Gasteiger partial charge >= 0.3 is 0 Å². The van der Waals surface area contributed by atoms with Crippen molar-refractivity contribution in [1.82, 2.24) is 4.90 Å². The number of nitrogens with zero attached hydrogens (tertiary/aromatic N) is 1. The van der Waals surface area contributed by atoms with Gasteiger partial charge in [-0.15, -0.1) is 0 Å². The second-order valence-electron chi connectivity index (χ2n) is 4.34. The van der Waals surface area contributed by atoms with Crippen molar-refractivity contribution in [1.29, 1.82) is 0 Å². The summed E-state index contributed by atoms with van der Waals surface area (Å²) in [6, 6.07) is 8.70. The lowest BCUT2D eigenvalue weighted by molar-refractivity contribution is 0.189. The van der Waals surface area contributed by atoms with Gasteiger partial charge in [-0.1, -0.05) is 24.3 Å². The van der Waals surface area contributed by atoms with E-state index >= 15 is 0 Å². The van der Waals surface area contributed by atoms with Crippen LogP contribution in [-0.4, -0.2) is 25.0 Å². The molecule has 0 bridgehead atoms. The van der Waals surface area contributed by atoms with E-state index in [1.807, 2.05) is 0 Å². The van der Waals surface area contributed by atoms with Gasteiger partial charge in [0.05, 0.1) is 0 Å². The van der Waals surface area contributed by atoms with Crippen molar-refractivity contribution in [3.05, 3.63) is 35.4 Å². The summed E-state index contributed by atoms with van der Waals surface area (Å²) >= 11 is 0. The zero-order chi connectivity index (χ0) is 10.1. The molecule has 0 amide bonds. The van der Waals surface area contributed by atoms with Gasteiger partial charge in [-0.3, -0.25) is 0 Å². The molecule has 2 nitrogen and oxygen atoms in total. The molecule has 1 heterocycles. The first-order chi connectivity index (χ1) is 6.68. The Bertz CT molecular complexity index is 314. The van der Waals surface area contributed by atoms with Crippen molar-refractivity contribution in [2.45, 2.75) is 18.9 Å². The highest BCUT2D eigenvalue weighted by molar-refractivity contribution is 5.34. The van der Waals surface area contributed by atoms with Gasteiger partial charge in [0.25, 0.3) is 0 Å². The van der Waals surface area contributed by atoms with Gasteiger partial charge in [0.15, 0.2) is 0 Å². The molecular weight excluding hydrogens is 172 g/mol. The third-order valence-electron chi connectivity index (χ3n) is 2.99.